The number of nitrogens with one attached hydrogen (secondary N) is 2. The Morgan fingerprint density at radius 3 is 2.78 bits per heavy atom. The van der Waals surface area contributed by atoms with Crippen molar-refractivity contribution < 1.29 is 14.7 Å². The van der Waals surface area contributed by atoms with Crippen LogP contribution in [0.15, 0.2) is 42.6 Å². The Kier molecular flexibility index (Phi) is 5.71. The van der Waals surface area contributed by atoms with Crippen LogP contribution in [0.3, 0.4) is 0 Å². The fraction of sp³-hybridized carbons (Fsp3) is 0.350. The summed E-state index contributed by atoms with van der Waals surface area (Å²) in [6, 6.07) is 11.0. The maximum atomic E-state index is 12.8. The molecule has 1 aliphatic rings. The first kappa shape index (κ1) is 18.8. The van der Waals surface area contributed by atoms with Crippen LogP contribution in [0.1, 0.15) is 22.3 Å². The topological polar surface area (TPSA) is 94.6 Å². The Balaban J connectivity index is 1.68. The van der Waals surface area contributed by atoms with Gasteiger partial charge in [-0.15, -0.1) is 0 Å². The van der Waals surface area contributed by atoms with E-state index in [2.05, 4.69) is 15.6 Å². The number of benzene rings is 1. The smallest absolute Gasteiger partial charge is 0.254 e. The Labute approximate surface area is 158 Å². The molecular weight excluding hydrogens is 344 g/mol. The fourth-order valence-electron chi connectivity index (χ4n) is 3.16. The number of aromatic nitrogens is 1. The summed E-state index contributed by atoms with van der Waals surface area (Å²) in [6.45, 7) is 2.57. The summed E-state index contributed by atoms with van der Waals surface area (Å²) in [5, 5.41) is 15.9. The average Bonchev–Trinajstić information content (AvgIpc) is 3.03. The number of aliphatic hydroxyl groups excluding tert-OH is 1. The van der Waals surface area contributed by atoms with Crippen LogP contribution in [-0.2, 0) is 4.79 Å². The number of amides is 2. The van der Waals surface area contributed by atoms with Crippen molar-refractivity contribution in [2.45, 2.75) is 19.4 Å². The Hall–Kier alpha value is -2.93. The Bertz CT molecular complexity index is 822. The van der Waals surface area contributed by atoms with E-state index in [1.54, 1.807) is 36.3 Å². The second kappa shape index (κ2) is 8.18. The molecule has 27 heavy (non-hydrogen) atoms. The van der Waals surface area contributed by atoms with Gasteiger partial charge < -0.3 is 20.6 Å². The van der Waals surface area contributed by atoms with E-state index in [4.69, 9.17) is 0 Å². The summed E-state index contributed by atoms with van der Waals surface area (Å²) < 4.78 is 0. The van der Waals surface area contributed by atoms with Crippen molar-refractivity contribution in [1.29, 1.82) is 0 Å². The van der Waals surface area contributed by atoms with Crippen LogP contribution < -0.4 is 10.6 Å². The molecular formula is C20H24N4O3. The third kappa shape index (κ3) is 4.62. The summed E-state index contributed by atoms with van der Waals surface area (Å²) in [5.41, 5.74) is 2.36. The SMILES string of the molecule is CNC(=O)C[C@@H]1CN(C(=O)c2cccc(Nc3ccc(C)cn3)c2)C[C@H]1O. The average molecular weight is 368 g/mol. The minimum Gasteiger partial charge on any atom is -0.391 e. The lowest BCUT2D eigenvalue weighted by atomic mass is 10.0. The molecule has 7 nitrogen and oxygen atoms in total. The van der Waals surface area contributed by atoms with Gasteiger partial charge in [0, 0.05) is 49.9 Å². The summed E-state index contributed by atoms with van der Waals surface area (Å²) in [7, 11) is 1.56. The summed E-state index contributed by atoms with van der Waals surface area (Å²) in [5.74, 6) is 0.165. The van der Waals surface area contributed by atoms with Gasteiger partial charge in [0.15, 0.2) is 0 Å². The second-order valence-electron chi connectivity index (χ2n) is 6.84. The lowest BCUT2D eigenvalue weighted by Gasteiger charge is -2.17. The van der Waals surface area contributed by atoms with E-state index >= 15 is 0 Å². The maximum Gasteiger partial charge on any atom is 0.254 e. The van der Waals surface area contributed by atoms with E-state index in [0.29, 0.717) is 17.9 Å². The molecule has 0 radical (unpaired) electrons. The van der Waals surface area contributed by atoms with E-state index in [0.717, 1.165) is 11.3 Å². The summed E-state index contributed by atoms with van der Waals surface area (Å²) >= 11 is 0. The van der Waals surface area contributed by atoms with Crippen molar-refractivity contribution in [1.82, 2.24) is 15.2 Å². The van der Waals surface area contributed by atoms with Gasteiger partial charge in [0.2, 0.25) is 5.91 Å². The lowest BCUT2D eigenvalue weighted by Crippen LogP contribution is -2.29. The number of rotatable bonds is 5. The first-order valence-electron chi connectivity index (χ1n) is 8.94. The van der Waals surface area contributed by atoms with Gasteiger partial charge in [0.1, 0.15) is 5.82 Å². The molecule has 0 spiro atoms. The van der Waals surface area contributed by atoms with Crippen LogP contribution in [-0.4, -0.2) is 53.0 Å². The minimum absolute atomic E-state index is 0.134. The molecule has 1 fully saturated rings. The quantitative estimate of drug-likeness (QED) is 0.747. The molecule has 1 aromatic carbocycles. The van der Waals surface area contributed by atoms with Crippen LogP contribution in [0.5, 0.6) is 0 Å². The molecule has 2 aromatic rings. The fourth-order valence-corrected chi connectivity index (χ4v) is 3.16. The van der Waals surface area contributed by atoms with Gasteiger partial charge in [0.05, 0.1) is 6.10 Å². The molecule has 1 aliphatic heterocycles. The Morgan fingerprint density at radius 2 is 2.07 bits per heavy atom. The number of β-amino-alcohol motifs (C(OH)–C–C–N with tert-alkyl or cyclic N) is 1. The number of hydrogen-bond acceptors (Lipinski definition) is 5. The van der Waals surface area contributed by atoms with Gasteiger partial charge >= 0.3 is 0 Å². The number of aryl methyl sites for hydroxylation is 1. The molecule has 2 atom stereocenters. The summed E-state index contributed by atoms with van der Waals surface area (Å²) in [6.07, 6.45) is 1.29. The molecule has 2 amide bonds. The number of nitrogens with zero attached hydrogens (tertiary/aromatic N) is 2. The molecule has 2 heterocycles. The predicted octanol–water partition coefficient (Wildman–Crippen LogP) is 1.70. The van der Waals surface area contributed by atoms with Crippen LogP contribution >= 0.6 is 0 Å². The molecule has 0 aliphatic carbocycles. The molecule has 3 N–H and O–H groups in total. The number of aliphatic hydroxyl groups is 1. The first-order valence-corrected chi connectivity index (χ1v) is 8.94. The normalized spacial score (nSPS) is 19.0. The molecule has 0 unspecified atom stereocenters. The molecule has 1 saturated heterocycles. The van der Waals surface area contributed by atoms with Crippen molar-refractivity contribution in [2.24, 2.45) is 5.92 Å². The van der Waals surface area contributed by atoms with E-state index < -0.39 is 6.10 Å². The molecule has 0 bridgehead atoms. The van der Waals surface area contributed by atoms with Gasteiger partial charge in [0.25, 0.3) is 5.91 Å². The van der Waals surface area contributed by atoms with E-state index in [9.17, 15) is 14.7 Å². The second-order valence-corrected chi connectivity index (χ2v) is 6.84. The van der Waals surface area contributed by atoms with Gasteiger partial charge in [-0.25, -0.2) is 4.98 Å². The van der Waals surface area contributed by atoms with Gasteiger partial charge in [-0.2, -0.15) is 0 Å². The minimum atomic E-state index is -0.690. The monoisotopic (exact) mass is 368 g/mol. The molecule has 3 rings (SSSR count). The third-order valence-corrected chi connectivity index (χ3v) is 4.71. The third-order valence-electron chi connectivity index (χ3n) is 4.71. The number of likely N-dealkylation sites (tertiary alicyclic amines) is 1. The first-order chi connectivity index (χ1) is 13.0. The number of hydrogen-bond donors (Lipinski definition) is 3. The van der Waals surface area contributed by atoms with E-state index in [-0.39, 0.29) is 30.7 Å². The largest absolute Gasteiger partial charge is 0.391 e. The van der Waals surface area contributed by atoms with E-state index in [1.165, 1.54) is 0 Å². The maximum absolute atomic E-state index is 12.8. The number of carbonyl (C=O) groups is 2. The number of anilines is 2. The van der Waals surface area contributed by atoms with Crippen LogP contribution in [0.25, 0.3) is 0 Å². The highest BCUT2D eigenvalue weighted by Crippen LogP contribution is 2.24. The van der Waals surface area contributed by atoms with Gasteiger partial charge in [-0.1, -0.05) is 12.1 Å². The number of carbonyl (C=O) groups excluding carboxylic acids is 2. The van der Waals surface area contributed by atoms with Crippen molar-refractivity contribution in [3.8, 4) is 0 Å². The zero-order valence-corrected chi connectivity index (χ0v) is 15.5. The van der Waals surface area contributed by atoms with Crippen molar-refractivity contribution in [2.75, 3.05) is 25.5 Å². The van der Waals surface area contributed by atoms with Crippen molar-refractivity contribution in [3.63, 3.8) is 0 Å². The lowest BCUT2D eigenvalue weighted by molar-refractivity contribution is -0.122. The zero-order valence-electron chi connectivity index (χ0n) is 15.5. The van der Waals surface area contributed by atoms with Crippen molar-refractivity contribution in [3.05, 3.63) is 53.7 Å². The Morgan fingerprint density at radius 1 is 1.26 bits per heavy atom. The molecule has 1 aromatic heterocycles. The number of pyridine rings is 1. The standard InChI is InChI=1S/C20H24N4O3/c1-13-6-7-18(22-10-13)23-16-5-3-4-14(8-16)20(27)24-11-15(17(25)12-24)9-19(26)21-2/h3-8,10,15,17,25H,9,11-12H2,1-2H3,(H,21,26)(H,22,23)/t15-,17-/m1/s1. The van der Waals surface area contributed by atoms with Crippen LogP contribution in [0.2, 0.25) is 0 Å². The van der Waals surface area contributed by atoms with Crippen LogP contribution in [0, 0.1) is 12.8 Å². The summed E-state index contributed by atoms with van der Waals surface area (Å²) in [4.78, 5) is 30.3. The zero-order chi connectivity index (χ0) is 19.4. The van der Waals surface area contributed by atoms with Crippen LogP contribution in [0.4, 0.5) is 11.5 Å². The highest BCUT2D eigenvalue weighted by atomic mass is 16.3. The molecule has 7 heteroatoms. The van der Waals surface area contributed by atoms with E-state index in [1.807, 2.05) is 25.1 Å². The van der Waals surface area contributed by atoms with Crippen molar-refractivity contribution >= 4 is 23.3 Å². The molecule has 0 saturated carbocycles. The highest BCUT2D eigenvalue weighted by Gasteiger charge is 2.35. The predicted molar refractivity (Wildman–Crippen MR) is 103 cm³/mol. The van der Waals surface area contributed by atoms with Gasteiger partial charge in [-0.05, 0) is 36.8 Å². The van der Waals surface area contributed by atoms with Gasteiger partial charge in [-0.3, -0.25) is 9.59 Å². The highest BCUT2D eigenvalue weighted by molar-refractivity contribution is 5.95. The molecule has 142 valence electrons.